The summed E-state index contributed by atoms with van der Waals surface area (Å²) in [6.07, 6.45) is 1.60. The first-order chi connectivity index (χ1) is 14.5. The van der Waals surface area contributed by atoms with Crippen LogP contribution in [0.25, 0.3) is 0 Å². The summed E-state index contributed by atoms with van der Waals surface area (Å²) in [5.74, 6) is 1.16. The SMILES string of the molecule is COc1cc(/C=N/NC(=O)CN2CCOCC2)cc(I)c1OCc1ccc(C)cc1. The first kappa shape index (κ1) is 22.5. The highest BCUT2D eigenvalue weighted by Gasteiger charge is 2.14. The second-order valence-corrected chi connectivity index (χ2v) is 8.15. The molecule has 0 aromatic heterocycles. The van der Waals surface area contributed by atoms with E-state index >= 15 is 0 Å². The van der Waals surface area contributed by atoms with E-state index in [1.807, 2.05) is 17.0 Å². The predicted molar refractivity (Wildman–Crippen MR) is 124 cm³/mol. The Morgan fingerprint density at radius 2 is 2.00 bits per heavy atom. The fourth-order valence-corrected chi connectivity index (χ4v) is 3.75. The zero-order valence-corrected chi connectivity index (χ0v) is 19.3. The van der Waals surface area contributed by atoms with E-state index < -0.39 is 0 Å². The van der Waals surface area contributed by atoms with Gasteiger partial charge in [0.25, 0.3) is 5.91 Å². The second-order valence-electron chi connectivity index (χ2n) is 6.99. The zero-order valence-electron chi connectivity index (χ0n) is 17.2. The molecule has 0 bridgehead atoms. The van der Waals surface area contributed by atoms with Crippen molar-refractivity contribution in [3.63, 3.8) is 0 Å². The minimum Gasteiger partial charge on any atom is -0.493 e. The van der Waals surface area contributed by atoms with E-state index in [-0.39, 0.29) is 5.91 Å². The lowest BCUT2D eigenvalue weighted by Crippen LogP contribution is -2.42. The van der Waals surface area contributed by atoms with Gasteiger partial charge in [0.2, 0.25) is 0 Å². The van der Waals surface area contributed by atoms with Crippen LogP contribution >= 0.6 is 22.6 Å². The van der Waals surface area contributed by atoms with Crippen LogP contribution in [0.1, 0.15) is 16.7 Å². The lowest BCUT2D eigenvalue weighted by Gasteiger charge is -2.25. The second kappa shape index (κ2) is 11.3. The molecular formula is C22H26IN3O4. The number of aryl methyl sites for hydroxylation is 1. The Morgan fingerprint density at radius 1 is 1.27 bits per heavy atom. The average Bonchev–Trinajstić information content (AvgIpc) is 2.74. The van der Waals surface area contributed by atoms with Gasteiger partial charge in [0.05, 0.1) is 36.7 Å². The molecule has 0 atom stereocenters. The number of amides is 1. The van der Waals surface area contributed by atoms with Crippen LogP contribution in [0.2, 0.25) is 0 Å². The van der Waals surface area contributed by atoms with Crippen molar-refractivity contribution in [3.8, 4) is 11.5 Å². The number of morpholine rings is 1. The van der Waals surface area contributed by atoms with Crippen LogP contribution in [0.3, 0.4) is 0 Å². The number of methoxy groups -OCH3 is 1. The highest BCUT2D eigenvalue weighted by atomic mass is 127. The molecule has 8 heteroatoms. The number of hydrazone groups is 1. The number of halogens is 1. The molecule has 3 rings (SSSR count). The van der Waals surface area contributed by atoms with Gasteiger partial charge in [-0.1, -0.05) is 29.8 Å². The van der Waals surface area contributed by atoms with Crippen molar-refractivity contribution < 1.29 is 19.0 Å². The van der Waals surface area contributed by atoms with Crippen LogP contribution in [0.5, 0.6) is 11.5 Å². The minimum absolute atomic E-state index is 0.145. The third-order valence-electron chi connectivity index (χ3n) is 4.63. The van der Waals surface area contributed by atoms with Crippen LogP contribution in [0.4, 0.5) is 0 Å². The number of ether oxygens (including phenoxy) is 3. The maximum atomic E-state index is 12.0. The summed E-state index contributed by atoms with van der Waals surface area (Å²) in [5, 5.41) is 4.07. The molecule has 30 heavy (non-hydrogen) atoms. The fourth-order valence-electron chi connectivity index (χ4n) is 2.97. The number of nitrogens with one attached hydrogen (secondary N) is 1. The maximum Gasteiger partial charge on any atom is 0.254 e. The van der Waals surface area contributed by atoms with Crippen LogP contribution < -0.4 is 14.9 Å². The Morgan fingerprint density at radius 3 is 2.70 bits per heavy atom. The molecule has 2 aromatic carbocycles. The number of rotatable bonds is 8. The van der Waals surface area contributed by atoms with Crippen molar-refractivity contribution in [1.82, 2.24) is 10.3 Å². The Kier molecular flexibility index (Phi) is 8.47. The summed E-state index contributed by atoms with van der Waals surface area (Å²) in [5.41, 5.74) is 5.69. The Bertz CT molecular complexity index is 881. The van der Waals surface area contributed by atoms with Gasteiger partial charge >= 0.3 is 0 Å². The van der Waals surface area contributed by atoms with Crippen molar-refractivity contribution in [3.05, 3.63) is 56.7 Å². The van der Waals surface area contributed by atoms with Gasteiger partial charge < -0.3 is 14.2 Å². The van der Waals surface area contributed by atoms with Gasteiger partial charge in [-0.2, -0.15) is 5.10 Å². The molecule has 0 spiro atoms. The van der Waals surface area contributed by atoms with Crippen molar-refractivity contribution in [2.75, 3.05) is 40.0 Å². The molecule has 2 aromatic rings. The molecule has 1 N–H and O–H groups in total. The lowest BCUT2D eigenvalue weighted by molar-refractivity contribution is -0.123. The van der Waals surface area contributed by atoms with Gasteiger partial charge in [0, 0.05) is 13.1 Å². The molecule has 0 aliphatic carbocycles. The van der Waals surface area contributed by atoms with E-state index in [2.05, 4.69) is 64.3 Å². The standard InChI is InChI=1S/C22H26IN3O4/c1-16-3-5-17(6-4-16)15-30-22-19(23)11-18(12-20(22)28-2)13-24-25-21(27)14-26-7-9-29-10-8-26/h3-6,11-13H,7-10,14-15H2,1-2H3,(H,25,27)/b24-13+. The smallest absolute Gasteiger partial charge is 0.254 e. The predicted octanol–water partition coefficient (Wildman–Crippen LogP) is 2.97. The summed E-state index contributed by atoms with van der Waals surface area (Å²) >= 11 is 2.21. The molecule has 1 amide bonds. The summed E-state index contributed by atoms with van der Waals surface area (Å²) in [7, 11) is 1.61. The summed E-state index contributed by atoms with van der Waals surface area (Å²) in [4.78, 5) is 14.1. The van der Waals surface area contributed by atoms with Gasteiger partial charge in [0.1, 0.15) is 6.61 Å². The van der Waals surface area contributed by atoms with Gasteiger partial charge in [0.15, 0.2) is 11.5 Å². The van der Waals surface area contributed by atoms with Crippen LogP contribution in [-0.2, 0) is 16.1 Å². The largest absolute Gasteiger partial charge is 0.493 e. The monoisotopic (exact) mass is 523 g/mol. The van der Waals surface area contributed by atoms with Crippen molar-refractivity contribution in [2.45, 2.75) is 13.5 Å². The number of nitrogens with zero attached hydrogens (tertiary/aromatic N) is 2. The topological polar surface area (TPSA) is 72.4 Å². The quantitative estimate of drug-likeness (QED) is 0.328. The maximum absolute atomic E-state index is 12.0. The molecule has 0 unspecified atom stereocenters. The third-order valence-corrected chi connectivity index (χ3v) is 5.43. The highest BCUT2D eigenvalue weighted by Crippen LogP contribution is 2.34. The summed E-state index contributed by atoms with van der Waals surface area (Å²) < 4.78 is 17.7. The number of carbonyl (C=O) groups is 1. The summed E-state index contributed by atoms with van der Waals surface area (Å²) in [6.45, 7) is 5.67. The normalized spacial score (nSPS) is 14.6. The van der Waals surface area contributed by atoms with Crippen molar-refractivity contribution in [1.29, 1.82) is 0 Å². The van der Waals surface area contributed by atoms with Crippen LogP contribution in [0, 0.1) is 10.5 Å². The van der Waals surface area contributed by atoms with Crippen molar-refractivity contribution >= 4 is 34.7 Å². The number of hydrogen-bond donors (Lipinski definition) is 1. The molecule has 1 heterocycles. The first-order valence-corrected chi connectivity index (χ1v) is 10.8. The van der Waals surface area contributed by atoms with E-state index in [0.717, 1.165) is 27.8 Å². The van der Waals surface area contributed by atoms with Crippen LogP contribution in [0.15, 0.2) is 41.5 Å². The van der Waals surface area contributed by atoms with Gasteiger partial charge in [-0.15, -0.1) is 0 Å². The average molecular weight is 523 g/mol. The zero-order chi connectivity index (χ0) is 21.3. The van der Waals surface area contributed by atoms with Crippen LogP contribution in [-0.4, -0.2) is 57.0 Å². The molecule has 0 radical (unpaired) electrons. The molecule has 0 saturated carbocycles. The van der Waals surface area contributed by atoms with E-state index in [9.17, 15) is 4.79 Å². The Labute approximate surface area is 190 Å². The number of benzene rings is 2. The van der Waals surface area contributed by atoms with E-state index in [0.29, 0.717) is 37.9 Å². The van der Waals surface area contributed by atoms with Gasteiger partial charge in [-0.05, 0) is 52.8 Å². The molecule has 160 valence electrons. The molecule has 7 nitrogen and oxygen atoms in total. The van der Waals surface area contributed by atoms with E-state index in [4.69, 9.17) is 14.2 Å². The summed E-state index contributed by atoms with van der Waals surface area (Å²) in [6, 6.07) is 12.0. The van der Waals surface area contributed by atoms with Crippen molar-refractivity contribution in [2.24, 2.45) is 5.10 Å². The third kappa shape index (κ3) is 6.68. The molecule has 1 saturated heterocycles. The van der Waals surface area contributed by atoms with E-state index in [1.165, 1.54) is 5.56 Å². The lowest BCUT2D eigenvalue weighted by atomic mass is 10.2. The number of hydrogen-bond acceptors (Lipinski definition) is 6. The van der Waals surface area contributed by atoms with Gasteiger partial charge in [-0.25, -0.2) is 5.43 Å². The molecule has 1 aliphatic rings. The first-order valence-electron chi connectivity index (χ1n) is 9.73. The Hall–Kier alpha value is -2.17. The molecular weight excluding hydrogens is 497 g/mol. The minimum atomic E-state index is -0.145. The van der Waals surface area contributed by atoms with Gasteiger partial charge in [-0.3, -0.25) is 9.69 Å². The highest BCUT2D eigenvalue weighted by molar-refractivity contribution is 14.1. The Balaban J connectivity index is 1.59. The van der Waals surface area contributed by atoms with E-state index in [1.54, 1.807) is 13.3 Å². The number of carbonyl (C=O) groups excluding carboxylic acids is 1. The molecule has 1 aliphatic heterocycles. The fraction of sp³-hybridized carbons (Fsp3) is 0.364. The molecule has 1 fully saturated rings.